The van der Waals surface area contributed by atoms with Crippen LogP contribution in [0.5, 0.6) is 0 Å². The smallest absolute Gasteiger partial charge is 0.261 e. The van der Waals surface area contributed by atoms with Crippen molar-refractivity contribution in [2.75, 3.05) is 25.0 Å². The molecule has 0 saturated carbocycles. The van der Waals surface area contributed by atoms with Crippen molar-refractivity contribution in [3.8, 4) is 0 Å². The lowest BCUT2D eigenvalue weighted by molar-refractivity contribution is 0.0608. The van der Waals surface area contributed by atoms with Gasteiger partial charge in [-0.3, -0.25) is 24.6 Å². The summed E-state index contributed by atoms with van der Waals surface area (Å²) in [5.41, 5.74) is 2.46. The minimum absolute atomic E-state index is 0.241. The van der Waals surface area contributed by atoms with Gasteiger partial charge in [0.25, 0.3) is 17.7 Å². The normalized spacial score (nSPS) is 12.6. The number of amides is 3. The third-order valence-corrected chi connectivity index (χ3v) is 5.96. The van der Waals surface area contributed by atoms with E-state index < -0.39 is 0 Å². The molecule has 34 heavy (non-hydrogen) atoms. The molecule has 3 aromatic carbocycles. The van der Waals surface area contributed by atoms with Gasteiger partial charge in [-0.15, -0.1) is 0 Å². The van der Waals surface area contributed by atoms with E-state index >= 15 is 0 Å². The molecule has 1 aliphatic heterocycles. The fourth-order valence-corrected chi connectivity index (χ4v) is 4.20. The number of carbonyl (C=O) groups excluding carboxylic acids is 3. The number of nitrogens with zero attached hydrogens (tertiary/aromatic N) is 1. The lowest BCUT2D eigenvalue weighted by Gasteiger charge is -2.27. The van der Waals surface area contributed by atoms with Gasteiger partial charge < -0.3 is 10.6 Å². The molecule has 8 heteroatoms. The highest BCUT2D eigenvalue weighted by Gasteiger charge is 2.32. The van der Waals surface area contributed by atoms with Crippen LogP contribution >= 0.6 is 12.2 Å². The number of anilines is 1. The average Bonchev–Trinajstić information content (AvgIpc) is 2.86. The van der Waals surface area contributed by atoms with Gasteiger partial charge in [-0.1, -0.05) is 43.7 Å². The molecule has 3 amide bonds. The Balaban J connectivity index is 1.41. The van der Waals surface area contributed by atoms with Crippen LogP contribution in [0.2, 0.25) is 0 Å². The van der Waals surface area contributed by atoms with E-state index in [4.69, 9.17) is 12.2 Å². The Morgan fingerprint density at radius 2 is 1.65 bits per heavy atom. The van der Waals surface area contributed by atoms with E-state index in [9.17, 15) is 14.4 Å². The van der Waals surface area contributed by atoms with Crippen LogP contribution in [0.4, 0.5) is 5.69 Å². The van der Waals surface area contributed by atoms with Gasteiger partial charge in [-0.2, -0.15) is 0 Å². The molecule has 3 aromatic rings. The Morgan fingerprint density at radius 1 is 0.912 bits per heavy atom. The van der Waals surface area contributed by atoms with Crippen molar-refractivity contribution in [1.29, 1.82) is 0 Å². The summed E-state index contributed by atoms with van der Waals surface area (Å²) in [7, 11) is 0. The van der Waals surface area contributed by atoms with E-state index in [0.29, 0.717) is 41.7 Å². The predicted octanol–water partition coefficient (Wildman–Crippen LogP) is 3.95. The zero-order chi connectivity index (χ0) is 24.1. The highest BCUT2D eigenvalue weighted by molar-refractivity contribution is 7.80. The van der Waals surface area contributed by atoms with Gasteiger partial charge in [0.05, 0.1) is 0 Å². The number of carbonyl (C=O) groups is 3. The van der Waals surface area contributed by atoms with E-state index in [1.54, 1.807) is 36.4 Å². The Morgan fingerprint density at radius 3 is 2.38 bits per heavy atom. The molecule has 0 fully saturated rings. The summed E-state index contributed by atoms with van der Waals surface area (Å²) in [5, 5.41) is 10.8. The van der Waals surface area contributed by atoms with Crippen molar-refractivity contribution in [2.45, 2.75) is 19.8 Å². The summed E-state index contributed by atoms with van der Waals surface area (Å²) in [5.74, 6) is -0.748. The zero-order valence-corrected chi connectivity index (χ0v) is 19.7. The molecule has 0 aromatic heterocycles. The Labute approximate surface area is 203 Å². The van der Waals surface area contributed by atoms with E-state index in [-0.39, 0.29) is 22.8 Å². The van der Waals surface area contributed by atoms with Gasteiger partial charge in [0.1, 0.15) is 0 Å². The number of rotatable bonds is 8. The predicted molar refractivity (Wildman–Crippen MR) is 137 cm³/mol. The first-order valence-electron chi connectivity index (χ1n) is 11.3. The number of nitrogens with one attached hydrogen (secondary N) is 3. The quantitative estimate of drug-likeness (QED) is 0.260. The zero-order valence-electron chi connectivity index (χ0n) is 18.9. The molecule has 0 atom stereocenters. The van der Waals surface area contributed by atoms with Gasteiger partial charge >= 0.3 is 0 Å². The first kappa shape index (κ1) is 23.4. The third-order valence-electron chi connectivity index (χ3n) is 5.72. The van der Waals surface area contributed by atoms with Gasteiger partial charge in [-0.25, -0.2) is 0 Å². The number of hydrogen-bond donors (Lipinski definition) is 3. The second kappa shape index (κ2) is 10.4. The van der Waals surface area contributed by atoms with Crippen LogP contribution < -0.4 is 16.0 Å². The number of benzene rings is 3. The van der Waals surface area contributed by atoms with Crippen LogP contribution in [-0.2, 0) is 0 Å². The Bertz CT molecular complexity index is 1240. The van der Waals surface area contributed by atoms with Gasteiger partial charge in [0.15, 0.2) is 5.11 Å². The lowest BCUT2D eigenvalue weighted by Crippen LogP contribution is -2.41. The fourth-order valence-electron chi connectivity index (χ4n) is 4.00. The van der Waals surface area contributed by atoms with Crippen molar-refractivity contribution >= 4 is 51.5 Å². The minimum atomic E-state index is -0.267. The number of hydrogen-bond acceptors (Lipinski definition) is 5. The summed E-state index contributed by atoms with van der Waals surface area (Å²) in [6, 6.07) is 18.0. The van der Waals surface area contributed by atoms with E-state index in [1.165, 1.54) is 4.90 Å². The average molecular weight is 475 g/mol. The van der Waals surface area contributed by atoms with Crippen LogP contribution in [0.1, 0.15) is 50.8 Å². The second-order valence-electron chi connectivity index (χ2n) is 8.01. The van der Waals surface area contributed by atoms with E-state index in [1.807, 2.05) is 31.2 Å². The molecule has 174 valence electrons. The maximum Gasteiger partial charge on any atom is 0.261 e. The molecule has 1 heterocycles. The maximum atomic E-state index is 13.0. The summed E-state index contributed by atoms with van der Waals surface area (Å²) in [6.45, 7) is 3.45. The number of imide groups is 1. The number of thiocarbonyl (C=S) groups is 1. The summed E-state index contributed by atoms with van der Waals surface area (Å²) in [6.07, 6.45) is 1.69. The van der Waals surface area contributed by atoms with Crippen LogP contribution in [0, 0.1) is 0 Å². The molecule has 0 spiro atoms. The van der Waals surface area contributed by atoms with Gasteiger partial charge in [0, 0.05) is 52.8 Å². The summed E-state index contributed by atoms with van der Waals surface area (Å²) >= 11 is 5.21. The van der Waals surface area contributed by atoms with Gasteiger partial charge in [0.2, 0.25) is 0 Å². The molecule has 7 nitrogen and oxygen atoms in total. The fraction of sp³-hybridized carbons (Fsp3) is 0.231. The molecule has 0 bridgehead atoms. The van der Waals surface area contributed by atoms with Crippen LogP contribution in [0.15, 0.2) is 60.7 Å². The molecule has 0 radical (unpaired) electrons. The SMILES string of the molecule is CCCCN1C(=O)c2cccc3c(NCCNC(=S)NC(=O)c4ccccc4)ccc(c23)C1=O. The van der Waals surface area contributed by atoms with Crippen molar-refractivity contribution < 1.29 is 14.4 Å². The van der Waals surface area contributed by atoms with Crippen molar-refractivity contribution in [2.24, 2.45) is 0 Å². The molecule has 4 rings (SSSR count). The highest BCUT2D eigenvalue weighted by atomic mass is 32.1. The Kier molecular flexibility index (Phi) is 7.18. The molecular weight excluding hydrogens is 448 g/mol. The topological polar surface area (TPSA) is 90.5 Å². The number of unbranched alkanes of at least 4 members (excludes halogenated alkanes) is 1. The molecule has 3 N–H and O–H groups in total. The van der Waals surface area contributed by atoms with E-state index in [0.717, 1.165) is 23.9 Å². The standard InChI is InChI=1S/C26H26N4O3S/c1-2-3-16-30-24(32)19-11-7-10-18-21(13-12-20(22(18)19)25(30)33)27-14-15-28-26(34)29-23(31)17-8-5-4-6-9-17/h4-13,27H,2-3,14-16H2,1H3,(H2,28,29,31,34). The van der Waals surface area contributed by atoms with Crippen LogP contribution in [0.25, 0.3) is 10.8 Å². The van der Waals surface area contributed by atoms with Crippen molar-refractivity contribution in [1.82, 2.24) is 15.5 Å². The molecule has 0 unspecified atom stereocenters. The minimum Gasteiger partial charge on any atom is -0.383 e. The van der Waals surface area contributed by atoms with Crippen molar-refractivity contribution in [3.05, 3.63) is 77.4 Å². The van der Waals surface area contributed by atoms with Crippen LogP contribution in [0.3, 0.4) is 0 Å². The summed E-state index contributed by atoms with van der Waals surface area (Å²) < 4.78 is 0. The summed E-state index contributed by atoms with van der Waals surface area (Å²) in [4.78, 5) is 39.5. The Hall–Kier alpha value is -3.78. The largest absolute Gasteiger partial charge is 0.383 e. The molecular formula is C26H26N4O3S. The van der Waals surface area contributed by atoms with E-state index in [2.05, 4.69) is 16.0 Å². The molecule has 0 aliphatic carbocycles. The molecule has 1 aliphatic rings. The first-order valence-corrected chi connectivity index (χ1v) is 11.7. The highest BCUT2D eigenvalue weighted by Crippen LogP contribution is 2.34. The maximum absolute atomic E-state index is 13.0. The monoisotopic (exact) mass is 474 g/mol. The lowest BCUT2D eigenvalue weighted by atomic mass is 9.93. The third kappa shape index (κ3) is 4.77. The van der Waals surface area contributed by atoms with Crippen molar-refractivity contribution in [3.63, 3.8) is 0 Å². The van der Waals surface area contributed by atoms with Crippen LogP contribution in [-0.4, -0.2) is 47.4 Å². The first-order chi connectivity index (χ1) is 16.5. The molecule has 0 saturated heterocycles. The second-order valence-corrected chi connectivity index (χ2v) is 8.42. The van der Waals surface area contributed by atoms with Gasteiger partial charge in [-0.05, 0) is 49.0 Å².